The molecule has 1 heterocycles. The van der Waals surface area contributed by atoms with Gasteiger partial charge in [0.1, 0.15) is 0 Å². The molecule has 102 valence electrons. The van der Waals surface area contributed by atoms with Crippen LogP contribution in [0, 0.1) is 0 Å². The van der Waals surface area contributed by atoms with Crippen LogP contribution in [0.2, 0.25) is 10.0 Å². The molecule has 1 aromatic rings. The first-order valence-electron chi connectivity index (χ1n) is 6.63. The molecule has 2 aliphatic rings. The van der Waals surface area contributed by atoms with Crippen molar-refractivity contribution in [2.45, 2.75) is 18.9 Å². The molecule has 0 atom stereocenters. The zero-order valence-corrected chi connectivity index (χ0v) is 12.1. The van der Waals surface area contributed by atoms with E-state index in [1.165, 1.54) is 12.8 Å². The van der Waals surface area contributed by atoms with Gasteiger partial charge in [0.25, 0.3) is 5.91 Å². The number of rotatable bonds is 2. The Morgan fingerprint density at radius 2 is 1.79 bits per heavy atom. The molecular formula is C14H16Cl2N2O. The van der Waals surface area contributed by atoms with Crippen LogP contribution in [0.25, 0.3) is 0 Å². The SMILES string of the molecule is O=C(c1ccc(Cl)cc1Cl)N1CCN(C2CC2)CC1. The van der Waals surface area contributed by atoms with Gasteiger partial charge < -0.3 is 4.90 Å². The largest absolute Gasteiger partial charge is 0.336 e. The summed E-state index contributed by atoms with van der Waals surface area (Å²) < 4.78 is 0. The molecule has 0 radical (unpaired) electrons. The molecule has 1 amide bonds. The van der Waals surface area contributed by atoms with Crippen molar-refractivity contribution in [1.82, 2.24) is 9.80 Å². The summed E-state index contributed by atoms with van der Waals surface area (Å²) in [6.07, 6.45) is 2.63. The van der Waals surface area contributed by atoms with E-state index in [0.717, 1.165) is 32.2 Å². The Morgan fingerprint density at radius 3 is 2.37 bits per heavy atom. The smallest absolute Gasteiger partial charge is 0.255 e. The Morgan fingerprint density at radius 1 is 1.11 bits per heavy atom. The van der Waals surface area contributed by atoms with E-state index in [1.807, 2.05) is 4.90 Å². The molecule has 0 bridgehead atoms. The predicted molar refractivity (Wildman–Crippen MR) is 77.0 cm³/mol. The van der Waals surface area contributed by atoms with E-state index in [1.54, 1.807) is 18.2 Å². The fourth-order valence-electron chi connectivity index (χ4n) is 2.56. The summed E-state index contributed by atoms with van der Waals surface area (Å²) in [5.41, 5.74) is 0.547. The van der Waals surface area contributed by atoms with E-state index in [2.05, 4.69) is 4.90 Å². The maximum atomic E-state index is 12.4. The highest BCUT2D eigenvalue weighted by molar-refractivity contribution is 6.36. The Hall–Kier alpha value is -0.770. The molecule has 19 heavy (non-hydrogen) atoms. The van der Waals surface area contributed by atoms with Crippen molar-refractivity contribution in [3.05, 3.63) is 33.8 Å². The van der Waals surface area contributed by atoms with Crippen LogP contribution in [0.3, 0.4) is 0 Å². The van der Waals surface area contributed by atoms with Gasteiger partial charge in [-0.3, -0.25) is 9.69 Å². The van der Waals surface area contributed by atoms with E-state index in [4.69, 9.17) is 23.2 Å². The van der Waals surface area contributed by atoms with Gasteiger partial charge in [0.05, 0.1) is 10.6 Å². The van der Waals surface area contributed by atoms with Gasteiger partial charge in [-0.2, -0.15) is 0 Å². The van der Waals surface area contributed by atoms with Gasteiger partial charge in [-0.15, -0.1) is 0 Å². The van der Waals surface area contributed by atoms with Crippen molar-refractivity contribution in [3.8, 4) is 0 Å². The number of amides is 1. The Labute approximate surface area is 123 Å². The summed E-state index contributed by atoms with van der Waals surface area (Å²) in [6, 6.07) is 5.81. The molecule has 1 aromatic carbocycles. The van der Waals surface area contributed by atoms with Gasteiger partial charge in [0, 0.05) is 37.2 Å². The molecule has 0 spiro atoms. The molecule has 3 nitrogen and oxygen atoms in total. The van der Waals surface area contributed by atoms with Crippen LogP contribution in [0.15, 0.2) is 18.2 Å². The van der Waals surface area contributed by atoms with Crippen LogP contribution in [0.4, 0.5) is 0 Å². The lowest BCUT2D eigenvalue weighted by Crippen LogP contribution is -2.49. The van der Waals surface area contributed by atoms with Gasteiger partial charge in [-0.25, -0.2) is 0 Å². The monoisotopic (exact) mass is 298 g/mol. The van der Waals surface area contributed by atoms with Crippen molar-refractivity contribution in [2.24, 2.45) is 0 Å². The van der Waals surface area contributed by atoms with Crippen molar-refractivity contribution < 1.29 is 4.79 Å². The summed E-state index contributed by atoms with van der Waals surface area (Å²) in [4.78, 5) is 16.8. The lowest BCUT2D eigenvalue weighted by atomic mass is 10.1. The van der Waals surface area contributed by atoms with Crippen molar-refractivity contribution >= 4 is 29.1 Å². The first-order valence-corrected chi connectivity index (χ1v) is 7.39. The van der Waals surface area contributed by atoms with Crippen LogP contribution >= 0.6 is 23.2 Å². The molecule has 1 aliphatic carbocycles. The number of carbonyl (C=O) groups is 1. The second kappa shape index (κ2) is 5.31. The number of halogens is 2. The lowest BCUT2D eigenvalue weighted by Gasteiger charge is -2.35. The van der Waals surface area contributed by atoms with Gasteiger partial charge in [0.2, 0.25) is 0 Å². The van der Waals surface area contributed by atoms with E-state index in [-0.39, 0.29) is 5.91 Å². The van der Waals surface area contributed by atoms with E-state index >= 15 is 0 Å². The van der Waals surface area contributed by atoms with Crippen molar-refractivity contribution in [2.75, 3.05) is 26.2 Å². The summed E-state index contributed by atoms with van der Waals surface area (Å²) in [7, 11) is 0. The second-order valence-corrected chi connectivity index (χ2v) is 6.03. The van der Waals surface area contributed by atoms with Crippen LogP contribution in [-0.2, 0) is 0 Å². The molecule has 0 unspecified atom stereocenters. The standard InChI is InChI=1S/C14H16Cl2N2O/c15-10-1-4-12(13(16)9-10)14(19)18-7-5-17(6-8-18)11-2-3-11/h1,4,9,11H,2-3,5-8H2. The van der Waals surface area contributed by atoms with Crippen molar-refractivity contribution in [1.29, 1.82) is 0 Å². The summed E-state index contributed by atoms with van der Waals surface area (Å²) in [6.45, 7) is 3.52. The number of carbonyl (C=O) groups excluding carboxylic acids is 1. The maximum absolute atomic E-state index is 12.4. The predicted octanol–water partition coefficient (Wildman–Crippen LogP) is 2.91. The summed E-state index contributed by atoms with van der Waals surface area (Å²) in [5.74, 6) is 0.0112. The first-order chi connectivity index (χ1) is 9.15. The van der Waals surface area contributed by atoms with Gasteiger partial charge in [-0.1, -0.05) is 23.2 Å². The average molecular weight is 299 g/mol. The number of benzene rings is 1. The van der Waals surface area contributed by atoms with Crippen molar-refractivity contribution in [3.63, 3.8) is 0 Å². The minimum absolute atomic E-state index is 0.0112. The third kappa shape index (κ3) is 2.88. The number of piperazine rings is 1. The first kappa shape index (κ1) is 13.2. The fraction of sp³-hybridized carbons (Fsp3) is 0.500. The zero-order chi connectivity index (χ0) is 13.4. The number of hydrogen-bond acceptors (Lipinski definition) is 2. The normalized spacial score (nSPS) is 20.6. The van der Waals surface area contributed by atoms with E-state index in [0.29, 0.717) is 15.6 Å². The Balaban J connectivity index is 1.67. The quantitative estimate of drug-likeness (QED) is 0.838. The Kier molecular flexibility index (Phi) is 3.70. The second-order valence-electron chi connectivity index (χ2n) is 5.18. The van der Waals surface area contributed by atoms with Crippen LogP contribution in [0.1, 0.15) is 23.2 Å². The average Bonchev–Trinajstić information content (AvgIpc) is 3.22. The zero-order valence-electron chi connectivity index (χ0n) is 10.6. The Bertz CT molecular complexity index is 494. The van der Waals surface area contributed by atoms with E-state index in [9.17, 15) is 4.79 Å². The van der Waals surface area contributed by atoms with Crippen LogP contribution in [0.5, 0.6) is 0 Å². The molecule has 1 saturated heterocycles. The molecule has 1 aliphatic heterocycles. The minimum Gasteiger partial charge on any atom is -0.336 e. The summed E-state index contributed by atoms with van der Waals surface area (Å²) >= 11 is 11.9. The molecule has 5 heteroatoms. The third-order valence-corrected chi connectivity index (χ3v) is 4.37. The number of hydrogen-bond donors (Lipinski definition) is 0. The lowest BCUT2D eigenvalue weighted by molar-refractivity contribution is 0.0627. The van der Waals surface area contributed by atoms with Crippen LogP contribution in [-0.4, -0.2) is 47.9 Å². The molecule has 1 saturated carbocycles. The summed E-state index contributed by atoms with van der Waals surface area (Å²) in [5, 5.41) is 0.988. The van der Waals surface area contributed by atoms with Gasteiger partial charge in [-0.05, 0) is 31.0 Å². The van der Waals surface area contributed by atoms with Gasteiger partial charge >= 0.3 is 0 Å². The molecule has 2 fully saturated rings. The van der Waals surface area contributed by atoms with E-state index < -0.39 is 0 Å². The highest BCUT2D eigenvalue weighted by Gasteiger charge is 2.32. The van der Waals surface area contributed by atoms with Crippen LogP contribution < -0.4 is 0 Å². The molecule has 0 N–H and O–H groups in total. The topological polar surface area (TPSA) is 23.6 Å². The highest BCUT2D eigenvalue weighted by atomic mass is 35.5. The number of nitrogens with zero attached hydrogens (tertiary/aromatic N) is 2. The van der Waals surface area contributed by atoms with Gasteiger partial charge in [0.15, 0.2) is 0 Å². The highest BCUT2D eigenvalue weighted by Crippen LogP contribution is 2.28. The minimum atomic E-state index is 0.0112. The molecular weight excluding hydrogens is 283 g/mol. The fourth-order valence-corrected chi connectivity index (χ4v) is 3.05. The molecule has 0 aromatic heterocycles. The molecule has 3 rings (SSSR count). The third-order valence-electron chi connectivity index (χ3n) is 3.83. The maximum Gasteiger partial charge on any atom is 0.255 e.